The van der Waals surface area contributed by atoms with Gasteiger partial charge < -0.3 is 10.2 Å². The summed E-state index contributed by atoms with van der Waals surface area (Å²) in [5.74, 6) is -0.428. The van der Waals surface area contributed by atoms with Crippen molar-refractivity contribution >= 4 is 58.0 Å². The van der Waals surface area contributed by atoms with Gasteiger partial charge in [-0.25, -0.2) is 0 Å². The van der Waals surface area contributed by atoms with E-state index in [1.807, 2.05) is 29.2 Å². The van der Waals surface area contributed by atoms with Crippen LogP contribution in [0.3, 0.4) is 0 Å². The number of carbonyl (C=O) groups excluding carboxylic acids is 2. The van der Waals surface area contributed by atoms with Crippen molar-refractivity contribution in [2.75, 3.05) is 18.9 Å². The summed E-state index contributed by atoms with van der Waals surface area (Å²) >= 11 is 17.2. The van der Waals surface area contributed by atoms with E-state index in [0.717, 1.165) is 5.56 Å². The Labute approximate surface area is 179 Å². The molecule has 0 radical (unpaired) electrons. The molecule has 0 spiro atoms. The summed E-state index contributed by atoms with van der Waals surface area (Å²) in [6.07, 6.45) is 0.709. The minimum atomic E-state index is -0.614. The third kappa shape index (κ3) is 4.82. The molecule has 28 heavy (non-hydrogen) atoms. The molecule has 0 aromatic heterocycles. The average molecular weight is 436 g/mol. The molecular weight excluding hydrogens is 417 g/mol. The first-order valence-electron chi connectivity index (χ1n) is 8.73. The van der Waals surface area contributed by atoms with Gasteiger partial charge >= 0.3 is 0 Å². The van der Waals surface area contributed by atoms with Crippen molar-refractivity contribution in [1.82, 2.24) is 9.80 Å². The van der Waals surface area contributed by atoms with E-state index < -0.39 is 6.04 Å². The molecule has 0 unspecified atom stereocenters. The van der Waals surface area contributed by atoms with Gasteiger partial charge in [0, 0.05) is 29.3 Å². The Bertz CT molecular complexity index is 887. The minimum absolute atomic E-state index is 0.0204. The first-order chi connectivity index (χ1) is 13.3. The van der Waals surface area contributed by atoms with Gasteiger partial charge in [-0.2, -0.15) is 0 Å². The van der Waals surface area contributed by atoms with E-state index in [1.165, 1.54) is 4.90 Å². The van der Waals surface area contributed by atoms with Crippen molar-refractivity contribution in [2.45, 2.75) is 18.9 Å². The number of carbonyl (C=O) groups is 2. The highest BCUT2D eigenvalue weighted by Gasteiger charge is 2.41. The number of halogens is 2. The number of thiocarbonyl (C=S) groups is 1. The molecule has 2 aromatic rings. The Morgan fingerprint density at radius 3 is 2.25 bits per heavy atom. The summed E-state index contributed by atoms with van der Waals surface area (Å²) in [4.78, 5) is 28.3. The third-order valence-corrected chi connectivity index (χ3v) is 5.60. The molecule has 2 amide bonds. The van der Waals surface area contributed by atoms with Gasteiger partial charge in [0.15, 0.2) is 5.11 Å². The molecule has 146 valence electrons. The van der Waals surface area contributed by atoms with Gasteiger partial charge in [0.2, 0.25) is 5.91 Å². The molecule has 1 N–H and O–H groups in total. The predicted octanol–water partition coefficient (Wildman–Crippen LogP) is 3.99. The average Bonchev–Trinajstić information content (AvgIpc) is 2.87. The van der Waals surface area contributed by atoms with Crippen LogP contribution in [-0.2, 0) is 16.0 Å². The Balaban J connectivity index is 1.66. The number of hydrogen-bond acceptors (Lipinski definition) is 3. The number of hydrogen-bond donors (Lipinski definition) is 1. The fraction of sp³-hybridized carbons (Fsp3) is 0.250. The highest BCUT2D eigenvalue weighted by atomic mass is 35.5. The highest BCUT2D eigenvalue weighted by molar-refractivity contribution is 7.80. The summed E-state index contributed by atoms with van der Waals surface area (Å²) in [6, 6.07) is 13.7. The summed E-state index contributed by atoms with van der Waals surface area (Å²) in [6.45, 7) is 0.537. The zero-order chi connectivity index (χ0) is 20.3. The topological polar surface area (TPSA) is 52.7 Å². The van der Waals surface area contributed by atoms with Gasteiger partial charge in [-0.05, 0) is 60.6 Å². The Morgan fingerprint density at radius 2 is 1.64 bits per heavy atom. The maximum absolute atomic E-state index is 12.6. The number of likely N-dealkylation sites (N-methyl/N-ethyl adjacent to an activating group) is 1. The van der Waals surface area contributed by atoms with E-state index in [-0.39, 0.29) is 18.2 Å². The largest absolute Gasteiger partial charge is 0.336 e. The second kappa shape index (κ2) is 8.90. The van der Waals surface area contributed by atoms with Crippen LogP contribution in [-0.4, -0.2) is 46.4 Å². The van der Waals surface area contributed by atoms with Crippen LogP contribution >= 0.6 is 35.4 Å². The van der Waals surface area contributed by atoms with Gasteiger partial charge in [0.05, 0.1) is 6.42 Å². The zero-order valence-corrected chi connectivity index (χ0v) is 17.5. The summed E-state index contributed by atoms with van der Waals surface area (Å²) < 4.78 is 0. The zero-order valence-electron chi connectivity index (χ0n) is 15.2. The molecule has 8 heteroatoms. The minimum Gasteiger partial charge on any atom is -0.336 e. The molecule has 1 fully saturated rings. The molecular formula is C20H19Cl2N3O2S. The molecule has 3 rings (SSSR count). The third-order valence-electron chi connectivity index (χ3n) is 4.59. The lowest BCUT2D eigenvalue weighted by Gasteiger charge is -2.23. The number of amides is 2. The van der Waals surface area contributed by atoms with Crippen LogP contribution in [0.15, 0.2) is 48.5 Å². The van der Waals surface area contributed by atoms with Crippen molar-refractivity contribution in [3.8, 4) is 0 Å². The van der Waals surface area contributed by atoms with Gasteiger partial charge in [0.1, 0.15) is 6.04 Å². The van der Waals surface area contributed by atoms with E-state index in [1.54, 1.807) is 31.3 Å². The smallest absolute Gasteiger partial charge is 0.251 e. The number of benzene rings is 2. The molecule has 2 aromatic carbocycles. The Morgan fingerprint density at radius 1 is 1.07 bits per heavy atom. The normalized spacial score (nSPS) is 16.6. The Hall–Kier alpha value is -2.15. The quantitative estimate of drug-likeness (QED) is 0.696. The van der Waals surface area contributed by atoms with Crippen molar-refractivity contribution in [3.63, 3.8) is 0 Å². The van der Waals surface area contributed by atoms with Crippen LogP contribution in [0.2, 0.25) is 10.0 Å². The SMILES string of the molecule is CN1C(=O)[C@H](CC(=O)Nc2ccc(Cl)cc2)N(CCc2ccc(Cl)cc2)C1=S. The lowest BCUT2D eigenvalue weighted by atomic mass is 10.1. The maximum atomic E-state index is 12.6. The van der Waals surface area contributed by atoms with Crippen LogP contribution in [0, 0.1) is 0 Å². The van der Waals surface area contributed by atoms with E-state index in [2.05, 4.69) is 5.32 Å². The van der Waals surface area contributed by atoms with E-state index in [4.69, 9.17) is 35.4 Å². The molecule has 5 nitrogen and oxygen atoms in total. The highest BCUT2D eigenvalue weighted by Crippen LogP contribution is 2.21. The predicted molar refractivity (Wildman–Crippen MR) is 116 cm³/mol. The van der Waals surface area contributed by atoms with Gasteiger partial charge in [-0.1, -0.05) is 35.3 Å². The summed E-state index contributed by atoms with van der Waals surface area (Å²) in [5, 5.41) is 4.49. The standard InChI is InChI=1S/C20H19Cl2N3O2S/c1-24-19(27)17(12-18(26)23-16-8-6-15(22)7-9-16)25(20(24)28)11-10-13-2-4-14(21)5-3-13/h2-9,17H,10-12H2,1H3,(H,23,26)/t17-/m0/s1. The lowest BCUT2D eigenvalue weighted by molar-refractivity contribution is -0.130. The van der Waals surface area contributed by atoms with Gasteiger partial charge in [-0.3, -0.25) is 14.5 Å². The molecule has 1 saturated heterocycles. The van der Waals surface area contributed by atoms with Gasteiger partial charge in [-0.15, -0.1) is 0 Å². The first-order valence-corrected chi connectivity index (χ1v) is 9.89. The van der Waals surface area contributed by atoms with Crippen LogP contribution in [0.5, 0.6) is 0 Å². The molecule has 0 aliphatic carbocycles. The van der Waals surface area contributed by atoms with Crippen molar-refractivity contribution < 1.29 is 9.59 Å². The summed E-state index contributed by atoms with van der Waals surface area (Å²) in [7, 11) is 1.64. The number of rotatable bonds is 6. The van der Waals surface area contributed by atoms with E-state index in [9.17, 15) is 9.59 Å². The van der Waals surface area contributed by atoms with Crippen molar-refractivity contribution in [3.05, 3.63) is 64.1 Å². The molecule has 1 heterocycles. The van der Waals surface area contributed by atoms with Crippen LogP contribution in [0.25, 0.3) is 0 Å². The maximum Gasteiger partial charge on any atom is 0.251 e. The van der Waals surface area contributed by atoms with E-state index >= 15 is 0 Å². The molecule has 0 saturated carbocycles. The van der Waals surface area contributed by atoms with Crippen molar-refractivity contribution in [2.24, 2.45) is 0 Å². The Kier molecular flexibility index (Phi) is 6.54. The van der Waals surface area contributed by atoms with E-state index in [0.29, 0.717) is 33.8 Å². The second-order valence-corrected chi connectivity index (χ2v) is 7.76. The monoisotopic (exact) mass is 435 g/mol. The fourth-order valence-corrected chi connectivity index (χ4v) is 3.61. The molecule has 1 atom stereocenters. The number of anilines is 1. The van der Waals surface area contributed by atoms with Crippen molar-refractivity contribution in [1.29, 1.82) is 0 Å². The number of nitrogens with one attached hydrogen (secondary N) is 1. The van der Waals surface area contributed by atoms with Crippen LogP contribution < -0.4 is 5.32 Å². The second-order valence-electron chi connectivity index (χ2n) is 6.52. The molecule has 0 bridgehead atoms. The first kappa shape index (κ1) is 20.6. The number of nitrogens with zero attached hydrogens (tertiary/aromatic N) is 2. The fourth-order valence-electron chi connectivity index (χ4n) is 3.05. The van der Waals surface area contributed by atoms with Gasteiger partial charge in [0.25, 0.3) is 5.91 Å². The van der Waals surface area contributed by atoms with Crippen LogP contribution in [0.1, 0.15) is 12.0 Å². The van der Waals surface area contributed by atoms with Crippen LogP contribution in [0.4, 0.5) is 5.69 Å². The lowest BCUT2D eigenvalue weighted by Crippen LogP contribution is -2.39. The molecule has 1 aliphatic rings. The summed E-state index contributed by atoms with van der Waals surface area (Å²) in [5.41, 5.74) is 1.71. The molecule has 1 aliphatic heterocycles.